The van der Waals surface area contributed by atoms with Crippen molar-refractivity contribution < 1.29 is 15.0 Å². The number of aliphatic hydroxyl groups excluding tert-OH is 2. The maximum atomic E-state index is 11.7. The topological polar surface area (TPSA) is 57.5 Å². The summed E-state index contributed by atoms with van der Waals surface area (Å²) in [5.74, 6) is -0.427. The van der Waals surface area contributed by atoms with E-state index >= 15 is 0 Å². The molecule has 2 aliphatic rings. The van der Waals surface area contributed by atoms with Gasteiger partial charge in [-0.15, -0.1) is 0 Å². The highest BCUT2D eigenvalue weighted by Gasteiger charge is 2.53. The van der Waals surface area contributed by atoms with Crippen molar-refractivity contribution in [3.63, 3.8) is 0 Å². The summed E-state index contributed by atoms with van der Waals surface area (Å²) in [4.78, 5) is 11.7. The molecule has 0 radical (unpaired) electrons. The number of aliphatic hydroxyl groups is 2. The van der Waals surface area contributed by atoms with E-state index in [4.69, 9.17) is 0 Å². The molecule has 1 unspecified atom stereocenters. The zero-order valence-electron chi connectivity index (χ0n) is 8.39. The van der Waals surface area contributed by atoms with Crippen LogP contribution in [0.4, 0.5) is 0 Å². The molecule has 0 heterocycles. The SMILES string of the molecule is C=C/C=C1/C(O)C[C@]2(CO)C=CC(=O)[C@H]12. The Kier molecular flexibility index (Phi) is 2.37. The van der Waals surface area contributed by atoms with E-state index in [1.807, 2.05) is 0 Å². The monoisotopic (exact) mass is 206 g/mol. The summed E-state index contributed by atoms with van der Waals surface area (Å²) in [5.41, 5.74) is 0.0970. The number of fused-ring (bicyclic) bond motifs is 1. The summed E-state index contributed by atoms with van der Waals surface area (Å²) >= 11 is 0. The summed E-state index contributed by atoms with van der Waals surface area (Å²) in [7, 11) is 0. The Bertz CT molecular complexity index is 367. The third kappa shape index (κ3) is 1.31. The molecule has 0 bridgehead atoms. The average Bonchev–Trinajstić information content (AvgIpc) is 2.67. The van der Waals surface area contributed by atoms with Crippen LogP contribution in [0.1, 0.15) is 6.42 Å². The zero-order chi connectivity index (χ0) is 11.1. The molecule has 1 saturated carbocycles. The highest BCUT2D eigenvalue weighted by molar-refractivity contribution is 5.98. The van der Waals surface area contributed by atoms with Crippen molar-refractivity contribution in [2.24, 2.45) is 11.3 Å². The van der Waals surface area contributed by atoms with Crippen LogP contribution >= 0.6 is 0 Å². The normalized spacial score (nSPS) is 41.2. The fraction of sp³-hybridized carbons (Fsp3) is 0.417. The van der Waals surface area contributed by atoms with Gasteiger partial charge in [0.1, 0.15) is 0 Å². The van der Waals surface area contributed by atoms with E-state index < -0.39 is 17.4 Å². The van der Waals surface area contributed by atoms with Gasteiger partial charge in [-0.05, 0) is 18.1 Å². The van der Waals surface area contributed by atoms with Gasteiger partial charge in [0, 0.05) is 5.41 Å². The molecule has 3 nitrogen and oxygen atoms in total. The van der Waals surface area contributed by atoms with Crippen molar-refractivity contribution in [3.05, 3.63) is 36.5 Å². The lowest BCUT2D eigenvalue weighted by molar-refractivity contribution is -0.118. The third-order valence-electron chi connectivity index (χ3n) is 3.34. The van der Waals surface area contributed by atoms with E-state index in [0.29, 0.717) is 12.0 Å². The van der Waals surface area contributed by atoms with Gasteiger partial charge in [-0.2, -0.15) is 0 Å². The molecule has 0 aromatic carbocycles. The van der Waals surface area contributed by atoms with Crippen LogP contribution in [0.25, 0.3) is 0 Å². The average molecular weight is 206 g/mol. The molecule has 15 heavy (non-hydrogen) atoms. The summed E-state index contributed by atoms with van der Waals surface area (Å²) in [6.45, 7) is 3.46. The Morgan fingerprint density at radius 3 is 3.00 bits per heavy atom. The van der Waals surface area contributed by atoms with Crippen LogP contribution in [0, 0.1) is 11.3 Å². The van der Waals surface area contributed by atoms with E-state index in [9.17, 15) is 15.0 Å². The molecular formula is C12H14O3. The van der Waals surface area contributed by atoms with Crippen molar-refractivity contribution in [1.82, 2.24) is 0 Å². The van der Waals surface area contributed by atoms with E-state index in [1.165, 1.54) is 6.08 Å². The Balaban J connectivity index is 2.45. The molecule has 0 aromatic rings. The molecule has 3 heteroatoms. The molecule has 3 atom stereocenters. The Morgan fingerprint density at radius 1 is 1.67 bits per heavy atom. The molecule has 0 spiro atoms. The molecule has 0 amide bonds. The highest BCUT2D eigenvalue weighted by atomic mass is 16.3. The van der Waals surface area contributed by atoms with E-state index in [0.717, 1.165) is 0 Å². The van der Waals surface area contributed by atoms with E-state index in [-0.39, 0.29) is 12.4 Å². The third-order valence-corrected chi connectivity index (χ3v) is 3.34. The Labute approximate surface area is 88.4 Å². The van der Waals surface area contributed by atoms with E-state index in [2.05, 4.69) is 6.58 Å². The van der Waals surface area contributed by atoms with Crippen LogP contribution < -0.4 is 0 Å². The summed E-state index contributed by atoms with van der Waals surface area (Å²) < 4.78 is 0. The second-order valence-corrected chi connectivity index (χ2v) is 4.18. The van der Waals surface area contributed by atoms with Crippen molar-refractivity contribution in [1.29, 1.82) is 0 Å². The molecule has 2 rings (SSSR count). The number of rotatable bonds is 2. The van der Waals surface area contributed by atoms with Gasteiger partial charge >= 0.3 is 0 Å². The maximum Gasteiger partial charge on any atom is 0.163 e. The second kappa shape index (κ2) is 3.43. The highest BCUT2D eigenvalue weighted by Crippen LogP contribution is 2.51. The van der Waals surface area contributed by atoms with Crippen LogP contribution in [0.5, 0.6) is 0 Å². The number of hydrogen-bond acceptors (Lipinski definition) is 3. The minimum absolute atomic E-state index is 0.0336. The number of carbonyl (C=O) groups excluding carboxylic acids is 1. The quantitative estimate of drug-likeness (QED) is 0.695. The maximum absolute atomic E-state index is 11.7. The molecule has 2 aliphatic carbocycles. The van der Waals surface area contributed by atoms with Gasteiger partial charge < -0.3 is 10.2 Å². The standard InChI is InChI=1S/C12H14O3/c1-2-3-8-10(15)6-12(7-13)5-4-9(14)11(8)12/h2-5,10-11,13,15H,1,6-7H2/b8-3-/t10?,11-,12-/m0/s1. The van der Waals surface area contributed by atoms with E-state index in [1.54, 1.807) is 18.2 Å². The predicted molar refractivity (Wildman–Crippen MR) is 56.1 cm³/mol. The molecule has 80 valence electrons. The van der Waals surface area contributed by atoms with Crippen LogP contribution in [-0.4, -0.2) is 28.7 Å². The summed E-state index contributed by atoms with van der Waals surface area (Å²) in [6, 6.07) is 0. The van der Waals surface area contributed by atoms with Gasteiger partial charge in [0.15, 0.2) is 5.78 Å². The van der Waals surface area contributed by atoms with Gasteiger partial charge in [-0.3, -0.25) is 4.79 Å². The molecule has 2 N–H and O–H groups in total. The number of allylic oxidation sites excluding steroid dienone is 3. The van der Waals surface area contributed by atoms with Gasteiger partial charge in [0.2, 0.25) is 0 Å². The second-order valence-electron chi connectivity index (χ2n) is 4.18. The number of ketones is 1. The van der Waals surface area contributed by atoms with Crippen molar-refractivity contribution in [3.8, 4) is 0 Å². The lowest BCUT2D eigenvalue weighted by Crippen LogP contribution is -2.28. The fourth-order valence-corrected chi connectivity index (χ4v) is 2.63. The minimum atomic E-state index is -0.644. The summed E-state index contributed by atoms with van der Waals surface area (Å²) in [5, 5.41) is 19.2. The zero-order valence-corrected chi connectivity index (χ0v) is 8.39. The fourth-order valence-electron chi connectivity index (χ4n) is 2.63. The first-order valence-corrected chi connectivity index (χ1v) is 4.99. The molecule has 0 saturated heterocycles. The largest absolute Gasteiger partial charge is 0.395 e. The first-order valence-electron chi connectivity index (χ1n) is 4.99. The van der Waals surface area contributed by atoms with Gasteiger partial charge in [0.05, 0.1) is 18.6 Å². The van der Waals surface area contributed by atoms with Crippen molar-refractivity contribution in [2.45, 2.75) is 12.5 Å². The van der Waals surface area contributed by atoms with Gasteiger partial charge in [0.25, 0.3) is 0 Å². The van der Waals surface area contributed by atoms with Gasteiger partial charge in [-0.1, -0.05) is 24.8 Å². The minimum Gasteiger partial charge on any atom is -0.395 e. The van der Waals surface area contributed by atoms with Crippen LogP contribution in [0.2, 0.25) is 0 Å². The number of carbonyl (C=O) groups is 1. The smallest absolute Gasteiger partial charge is 0.163 e. The number of hydrogen-bond donors (Lipinski definition) is 2. The first kappa shape index (κ1) is 10.3. The first-order chi connectivity index (χ1) is 7.14. The van der Waals surface area contributed by atoms with Crippen LogP contribution in [-0.2, 0) is 4.79 Å². The van der Waals surface area contributed by atoms with Crippen molar-refractivity contribution in [2.75, 3.05) is 6.61 Å². The lowest BCUT2D eigenvalue weighted by atomic mass is 9.80. The molecular weight excluding hydrogens is 192 g/mol. The van der Waals surface area contributed by atoms with Gasteiger partial charge in [-0.25, -0.2) is 0 Å². The van der Waals surface area contributed by atoms with Crippen LogP contribution in [0.3, 0.4) is 0 Å². The lowest BCUT2D eigenvalue weighted by Gasteiger charge is -2.23. The van der Waals surface area contributed by atoms with Crippen LogP contribution in [0.15, 0.2) is 36.5 Å². The van der Waals surface area contributed by atoms with Crippen molar-refractivity contribution >= 4 is 5.78 Å². The summed E-state index contributed by atoms with van der Waals surface area (Å²) in [6.07, 6.45) is 6.25. The Hall–Kier alpha value is -1.19. The molecule has 1 fully saturated rings. The predicted octanol–water partition coefficient (Wildman–Crippen LogP) is 0.597. The molecule has 0 aromatic heterocycles. The molecule has 0 aliphatic heterocycles. The Morgan fingerprint density at radius 2 is 2.40 bits per heavy atom.